The van der Waals surface area contributed by atoms with Crippen molar-refractivity contribution in [3.05, 3.63) is 44.9 Å². The van der Waals surface area contributed by atoms with E-state index in [2.05, 4.69) is 34.9 Å². The zero-order valence-corrected chi connectivity index (χ0v) is 17.9. The number of carbonyl (C=O) groups is 1. The SMILES string of the molecule is Cc1nc2c(cnn2C(C)C)cc1C(=O)N1CCN(Cc2ccc(Cl)s2)CC1. The zero-order chi connectivity index (χ0) is 19.8. The van der Waals surface area contributed by atoms with Crippen molar-refractivity contribution in [3.8, 4) is 0 Å². The number of halogens is 1. The molecule has 0 atom stereocenters. The minimum Gasteiger partial charge on any atom is -0.336 e. The second kappa shape index (κ2) is 7.81. The second-order valence-corrected chi connectivity index (χ2v) is 9.29. The van der Waals surface area contributed by atoms with Gasteiger partial charge in [0.25, 0.3) is 5.91 Å². The molecule has 0 radical (unpaired) electrons. The molecule has 4 rings (SSSR count). The fourth-order valence-electron chi connectivity index (χ4n) is 3.60. The maximum absolute atomic E-state index is 13.1. The van der Waals surface area contributed by atoms with Crippen molar-refractivity contribution in [2.75, 3.05) is 26.2 Å². The highest BCUT2D eigenvalue weighted by Crippen LogP contribution is 2.24. The van der Waals surface area contributed by atoms with E-state index in [1.165, 1.54) is 4.88 Å². The van der Waals surface area contributed by atoms with Crippen LogP contribution in [0.15, 0.2) is 24.4 Å². The maximum Gasteiger partial charge on any atom is 0.255 e. The maximum atomic E-state index is 13.1. The van der Waals surface area contributed by atoms with E-state index in [9.17, 15) is 4.79 Å². The van der Waals surface area contributed by atoms with E-state index in [0.29, 0.717) is 5.56 Å². The van der Waals surface area contributed by atoms with Crippen LogP contribution >= 0.6 is 22.9 Å². The molecule has 1 aliphatic rings. The smallest absolute Gasteiger partial charge is 0.255 e. The number of nitrogens with zero attached hydrogens (tertiary/aromatic N) is 5. The van der Waals surface area contributed by atoms with Gasteiger partial charge in [-0.1, -0.05) is 11.6 Å². The topological polar surface area (TPSA) is 54.3 Å². The van der Waals surface area contributed by atoms with E-state index < -0.39 is 0 Å². The highest BCUT2D eigenvalue weighted by Gasteiger charge is 2.24. The first-order chi connectivity index (χ1) is 13.4. The van der Waals surface area contributed by atoms with Gasteiger partial charge in [-0.25, -0.2) is 9.67 Å². The molecular formula is C20H24ClN5OS. The molecule has 0 aromatic carbocycles. The van der Waals surface area contributed by atoms with Crippen LogP contribution in [0.2, 0.25) is 4.34 Å². The predicted octanol–water partition coefficient (Wildman–Crippen LogP) is 3.99. The number of pyridine rings is 1. The van der Waals surface area contributed by atoms with Crippen LogP contribution in [0.5, 0.6) is 0 Å². The van der Waals surface area contributed by atoms with Crippen molar-refractivity contribution in [1.82, 2.24) is 24.6 Å². The molecular weight excluding hydrogens is 394 g/mol. The summed E-state index contributed by atoms with van der Waals surface area (Å²) in [6.07, 6.45) is 1.79. The van der Waals surface area contributed by atoms with Crippen LogP contribution in [0.1, 0.15) is 40.8 Å². The number of hydrogen-bond donors (Lipinski definition) is 0. The number of fused-ring (bicyclic) bond motifs is 1. The number of piperazine rings is 1. The molecule has 1 amide bonds. The molecule has 148 valence electrons. The van der Waals surface area contributed by atoms with Crippen LogP contribution in [-0.2, 0) is 6.54 Å². The molecule has 4 heterocycles. The first kappa shape index (κ1) is 19.4. The van der Waals surface area contributed by atoms with Gasteiger partial charge in [0.2, 0.25) is 0 Å². The second-order valence-electron chi connectivity index (χ2n) is 7.49. The summed E-state index contributed by atoms with van der Waals surface area (Å²) in [6.45, 7) is 10.1. The molecule has 1 fully saturated rings. The summed E-state index contributed by atoms with van der Waals surface area (Å²) in [7, 11) is 0. The quantitative estimate of drug-likeness (QED) is 0.644. The molecule has 6 nitrogen and oxygen atoms in total. The van der Waals surface area contributed by atoms with Crippen LogP contribution in [0.25, 0.3) is 11.0 Å². The van der Waals surface area contributed by atoms with Gasteiger partial charge in [0, 0.05) is 49.0 Å². The van der Waals surface area contributed by atoms with E-state index in [1.54, 1.807) is 17.5 Å². The molecule has 1 aliphatic heterocycles. The number of rotatable bonds is 4. The lowest BCUT2D eigenvalue weighted by molar-refractivity contribution is 0.0628. The Morgan fingerprint density at radius 2 is 2.00 bits per heavy atom. The number of amides is 1. The molecule has 8 heteroatoms. The average Bonchev–Trinajstić information content (AvgIpc) is 3.26. The van der Waals surface area contributed by atoms with Gasteiger partial charge in [-0.3, -0.25) is 9.69 Å². The normalized spacial score (nSPS) is 15.7. The lowest BCUT2D eigenvalue weighted by Crippen LogP contribution is -2.48. The van der Waals surface area contributed by atoms with E-state index in [0.717, 1.165) is 53.8 Å². The molecule has 28 heavy (non-hydrogen) atoms. The fourth-order valence-corrected chi connectivity index (χ4v) is 4.73. The van der Waals surface area contributed by atoms with Crippen molar-refractivity contribution < 1.29 is 4.79 Å². The summed E-state index contributed by atoms with van der Waals surface area (Å²) in [5.41, 5.74) is 2.27. The number of thiophene rings is 1. The van der Waals surface area contributed by atoms with Crippen molar-refractivity contribution >= 4 is 39.9 Å². The summed E-state index contributed by atoms with van der Waals surface area (Å²) < 4.78 is 2.72. The number of aryl methyl sites for hydroxylation is 1. The summed E-state index contributed by atoms with van der Waals surface area (Å²) in [5, 5.41) is 5.33. The molecule has 0 spiro atoms. The van der Waals surface area contributed by atoms with Gasteiger partial charge in [0.05, 0.1) is 21.8 Å². The Morgan fingerprint density at radius 3 is 2.64 bits per heavy atom. The third-order valence-corrected chi connectivity index (χ3v) is 6.36. The first-order valence-electron chi connectivity index (χ1n) is 9.53. The standard InChI is InChI=1S/C20H24ClN5OS/c1-13(2)26-19-15(11-22-26)10-17(14(3)23-19)20(27)25-8-6-24(7-9-25)12-16-4-5-18(21)28-16/h4-5,10-11,13H,6-9,12H2,1-3H3. The molecule has 0 N–H and O–H groups in total. The van der Waals surface area contributed by atoms with Gasteiger partial charge in [0.1, 0.15) is 0 Å². The Bertz CT molecular complexity index is 1000. The van der Waals surface area contributed by atoms with Crippen LogP contribution in [0.4, 0.5) is 0 Å². The third kappa shape index (κ3) is 3.79. The molecule has 0 unspecified atom stereocenters. The molecule has 1 saturated heterocycles. The van der Waals surface area contributed by atoms with Crippen molar-refractivity contribution in [2.24, 2.45) is 0 Å². The number of hydrogen-bond acceptors (Lipinski definition) is 5. The van der Waals surface area contributed by atoms with Gasteiger partial charge in [-0.05, 0) is 39.0 Å². The van der Waals surface area contributed by atoms with Gasteiger partial charge >= 0.3 is 0 Å². The Kier molecular flexibility index (Phi) is 5.40. The Hall–Kier alpha value is -1.96. The van der Waals surface area contributed by atoms with E-state index in [1.807, 2.05) is 28.6 Å². The van der Waals surface area contributed by atoms with Crippen LogP contribution < -0.4 is 0 Å². The van der Waals surface area contributed by atoms with Crippen LogP contribution in [0.3, 0.4) is 0 Å². The first-order valence-corrected chi connectivity index (χ1v) is 10.7. The average molecular weight is 418 g/mol. The monoisotopic (exact) mass is 417 g/mol. The molecule has 0 bridgehead atoms. The third-order valence-electron chi connectivity index (χ3n) is 5.15. The van der Waals surface area contributed by atoms with E-state index in [4.69, 9.17) is 11.6 Å². The lowest BCUT2D eigenvalue weighted by atomic mass is 10.1. The molecule has 3 aromatic rings. The zero-order valence-electron chi connectivity index (χ0n) is 16.4. The molecule has 3 aromatic heterocycles. The highest BCUT2D eigenvalue weighted by molar-refractivity contribution is 7.16. The van der Waals surface area contributed by atoms with Crippen molar-refractivity contribution in [1.29, 1.82) is 0 Å². The number of carbonyl (C=O) groups excluding carboxylic acids is 1. The fraction of sp³-hybridized carbons (Fsp3) is 0.450. The van der Waals surface area contributed by atoms with Gasteiger partial charge in [0.15, 0.2) is 5.65 Å². The van der Waals surface area contributed by atoms with Crippen molar-refractivity contribution in [2.45, 2.75) is 33.4 Å². The highest BCUT2D eigenvalue weighted by atomic mass is 35.5. The number of aromatic nitrogens is 3. The summed E-state index contributed by atoms with van der Waals surface area (Å²) in [4.78, 5) is 23.3. The van der Waals surface area contributed by atoms with Crippen LogP contribution in [0, 0.1) is 6.92 Å². The molecule has 0 saturated carbocycles. The van der Waals surface area contributed by atoms with Gasteiger partial charge < -0.3 is 4.90 Å². The minimum atomic E-state index is 0.0583. The van der Waals surface area contributed by atoms with Gasteiger partial charge in [-0.2, -0.15) is 5.10 Å². The van der Waals surface area contributed by atoms with E-state index in [-0.39, 0.29) is 11.9 Å². The summed E-state index contributed by atoms with van der Waals surface area (Å²) in [6, 6.07) is 6.18. The van der Waals surface area contributed by atoms with E-state index >= 15 is 0 Å². The Balaban J connectivity index is 1.45. The van der Waals surface area contributed by atoms with Gasteiger partial charge in [-0.15, -0.1) is 11.3 Å². The lowest BCUT2D eigenvalue weighted by Gasteiger charge is -2.34. The minimum absolute atomic E-state index is 0.0583. The largest absolute Gasteiger partial charge is 0.336 e. The van der Waals surface area contributed by atoms with Crippen LogP contribution in [-0.4, -0.2) is 56.7 Å². The Labute approximate surface area is 173 Å². The summed E-state index contributed by atoms with van der Waals surface area (Å²) in [5.74, 6) is 0.0583. The molecule has 0 aliphatic carbocycles. The predicted molar refractivity (Wildman–Crippen MR) is 113 cm³/mol. The Morgan fingerprint density at radius 1 is 1.25 bits per heavy atom. The summed E-state index contributed by atoms with van der Waals surface area (Å²) >= 11 is 7.64. The van der Waals surface area contributed by atoms with Crippen molar-refractivity contribution in [3.63, 3.8) is 0 Å².